The standard InChI is InChI=1S/C35H38F2N2O2.2C4H4O4/c36-32-16-12-30(13-17-32)34(28-8-3-1-4-9-28)40-26-7-20-38-21-23-39(24-22-38)25-27-41-35(29-10-5-2-6-11-29)31-14-18-33(37)19-15-31;2*5-3(6)1-2-4(7)8/h1-6,8-19,34-35H,7,20-27H2;2*1-2H,(H,5,6)(H,7,8)/b;2*2-1-. The Kier molecular flexibility index (Phi) is 20.0. The van der Waals surface area contributed by atoms with E-state index in [-0.39, 0.29) is 23.8 Å². The summed E-state index contributed by atoms with van der Waals surface area (Å²) in [6.07, 6.45) is 2.75. The molecule has 0 saturated carbocycles. The van der Waals surface area contributed by atoms with Crippen LogP contribution in [0.15, 0.2) is 133 Å². The van der Waals surface area contributed by atoms with Crippen molar-refractivity contribution in [3.63, 3.8) is 0 Å². The normalized spacial score (nSPS) is 14.1. The second-order valence-corrected chi connectivity index (χ2v) is 12.5. The number of aliphatic carboxylic acids is 4. The molecule has 2 unspecified atom stereocenters. The third-order valence-electron chi connectivity index (χ3n) is 8.35. The van der Waals surface area contributed by atoms with Crippen LogP contribution >= 0.6 is 0 Å². The molecule has 4 aromatic carbocycles. The van der Waals surface area contributed by atoms with E-state index in [1.54, 1.807) is 24.3 Å². The first-order chi connectivity index (χ1) is 27.4. The molecule has 12 nitrogen and oxygen atoms in total. The van der Waals surface area contributed by atoms with Crippen LogP contribution in [0.3, 0.4) is 0 Å². The molecule has 0 bridgehead atoms. The Balaban J connectivity index is 0.000000457. The number of rotatable bonds is 17. The smallest absolute Gasteiger partial charge is 0.328 e. The molecule has 0 aliphatic carbocycles. The zero-order valence-electron chi connectivity index (χ0n) is 31.1. The summed E-state index contributed by atoms with van der Waals surface area (Å²) in [5, 5.41) is 31.2. The molecule has 302 valence electrons. The molecule has 14 heteroatoms. The van der Waals surface area contributed by atoms with Gasteiger partial charge in [0.2, 0.25) is 0 Å². The topological polar surface area (TPSA) is 174 Å². The predicted molar refractivity (Wildman–Crippen MR) is 208 cm³/mol. The molecule has 1 aliphatic heterocycles. The summed E-state index contributed by atoms with van der Waals surface area (Å²) in [5.41, 5.74) is 4.06. The van der Waals surface area contributed by atoms with Gasteiger partial charge in [-0.1, -0.05) is 84.9 Å². The van der Waals surface area contributed by atoms with E-state index >= 15 is 0 Å². The Morgan fingerprint density at radius 2 is 0.807 bits per heavy atom. The fourth-order valence-corrected chi connectivity index (χ4v) is 5.61. The predicted octanol–water partition coefficient (Wildman–Crippen LogP) is 6.31. The number of piperazine rings is 1. The van der Waals surface area contributed by atoms with E-state index < -0.39 is 23.9 Å². The zero-order valence-corrected chi connectivity index (χ0v) is 31.1. The highest BCUT2D eigenvalue weighted by molar-refractivity contribution is 5.90. The Morgan fingerprint density at radius 1 is 0.491 bits per heavy atom. The van der Waals surface area contributed by atoms with Gasteiger partial charge in [-0.2, -0.15) is 0 Å². The third-order valence-corrected chi connectivity index (χ3v) is 8.35. The molecular weight excluding hydrogens is 742 g/mol. The highest BCUT2D eigenvalue weighted by Crippen LogP contribution is 2.27. The minimum absolute atomic E-state index is 0.205. The van der Waals surface area contributed by atoms with Crippen molar-refractivity contribution in [1.82, 2.24) is 9.80 Å². The van der Waals surface area contributed by atoms with E-state index in [1.807, 2.05) is 36.4 Å². The summed E-state index contributed by atoms with van der Waals surface area (Å²) in [5.74, 6) is -5.51. The molecule has 5 rings (SSSR count). The van der Waals surface area contributed by atoms with Gasteiger partial charge < -0.3 is 34.8 Å². The molecule has 2 atom stereocenters. The molecule has 0 amide bonds. The van der Waals surface area contributed by atoms with Crippen molar-refractivity contribution in [2.75, 3.05) is 52.5 Å². The molecule has 1 saturated heterocycles. The Bertz CT molecular complexity index is 1800. The van der Waals surface area contributed by atoms with E-state index in [1.165, 1.54) is 24.3 Å². The van der Waals surface area contributed by atoms with Gasteiger partial charge in [-0.15, -0.1) is 0 Å². The highest BCUT2D eigenvalue weighted by atomic mass is 19.1. The first kappa shape index (κ1) is 45.3. The van der Waals surface area contributed by atoms with Crippen LogP contribution < -0.4 is 0 Å². The number of benzene rings is 4. The van der Waals surface area contributed by atoms with Crippen molar-refractivity contribution in [3.8, 4) is 0 Å². The van der Waals surface area contributed by atoms with Crippen molar-refractivity contribution in [2.45, 2.75) is 18.6 Å². The number of nitrogens with zero attached hydrogens (tertiary/aromatic N) is 2. The van der Waals surface area contributed by atoms with Crippen LogP contribution in [-0.2, 0) is 28.7 Å². The van der Waals surface area contributed by atoms with Crippen LogP contribution in [0.5, 0.6) is 0 Å². The number of carbonyl (C=O) groups is 4. The van der Waals surface area contributed by atoms with E-state index in [9.17, 15) is 28.0 Å². The lowest BCUT2D eigenvalue weighted by Crippen LogP contribution is -2.47. The van der Waals surface area contributed by atoms with Crippen molar-refractivity contribution < 1.29 is 57.9 Å². The molecular formula is C43H46F2N2O10. The van der Waals surface area contributed by atoms with E-state index in [2.05, 4.69) is 34.1 Å². The maximum absolute atomic E-state index is 13.5. The summed E-state index contributed by atoms with van der Waals surface area (Å²) in [6.45, 7) is 7.11. The maximum Gasteiger partial charge on any atom is 0.328 e. The molecule has 0 spiro atoms. The fraction of sp³-hybridized carbons (Fsp3) is 0.256. The number of hydrogen-bond acceptors (Lipinski definition) is 8. The molecule has 0 aromatic heterocycles. The SMILES string of the molecule is Fc1ccc(C(OCCCN2CCN(CCOC(c3ccccc3)c3ccc(F)cc3)CC2)c2ccccc2)cc1.O=C(O)/C=C\C(=O)O.O=C(O)/C=C\C(=O)O. The average Bonchev–Trinajstić information content (AvgIpc) is 3.20. The van der Waals surface area contributed by atoms with Crippen molar-refractivity contribution in [3.05, 3.63) is 167 Å². The van der Waals surface area contributed by atoms with Crippen LogP contribution in [0.25, 0.3) is 0 Å². The monoisotopic (exact) mass is 788 g/mol. The van der Waals surface area contributed by atoms with Crippen LogP contribution in [0.4, 0.5) is 8.78 Å². The fourth-order valence-electron chi connectivity index (χ4n) is 5.61. The number of carboxylic acid groups (broad SMARTS) is 4. The second kappa shape index (κ2) is 25.2. The molecule has 1 aliphatic rings. The number of halogens is 2. The van der Waals surface area contributed by atoms with Crippen LogP contribution in [0.2, 0.25) is 0 Å². The summed E-state index contributed by atoms with van der Waals surface area (Å²) < 4.78 is 39.7. The molecule has 1 heterocycles. The van der Waals surface area contributed by atoms with Gasteiger partial charge in [0.1, 0.15) is 23.8 Å². The molecule has 0 radical (unpaired) electrons. The first-order valence-corrected chi connectivity index (χ1v) is 18.0. The zero-order chi connectivity index (χ0) is 41.4. The maximum atomic E-state index is 13.5. The van der Waals surface area contributed by atoms with Gasteiger partial charge in [0.25, 0.3) is 0 Å². The summed E-state index contributed by atoms with van der Waals surface area (Å²) in [7, 11) is 0. The Labute approximate surface area is 329 Å². The van der Waals surface area contributed by atoms with Gasteiger partial charge in [0, 0.05) is 70.2 Å². The summed E-state index contributed by atoms with van der Waals surface area (Å²) in [4.78, 5) is 43.1. The molecule has 1 fully saturated rings. The Hall–Kier alpha value is -6.06. The third kappa shape index (κ3) is 18.4. The first-order valence-electron chi connectivity index (χ1n) is 18.0. The van der Waals surface area contributed by atoms with Gasteiger partial charge in [-0.05, 0) is 52.9 Å². The lowest BCUT2D eigenvalue weighted by Gasteiger charge is -2.35. The summed E-state index contributed by atoms with van der Waals surface area (Å²) in [6, 6.07) is 33.4. The van der Waals surface area contributed by atoms with E-state index in [0.717, 1.165) is 67.9 Å². The van der Waals surface area contributed by atoms with E-state index in [4.69, 9.17) is 29.9 Å². The van der Waals surface area contributed by atoms with Gasteiger partial charge in [0.05, 0.1) is 6.61 Å². The van der Waals surface area contributed by atoms with Crippen molar-refractivity contribution >= 4 is 23.9 Å². The van der Waals surface area contributed by atoms with E-state index in [0.29, 0.717) is 37.5 Å². The number of hydrogen-bond donors (Lipinski definition) is 4. The number of ether oxygens (including phenoxy) is 2. The lowest BCUT2D eigenvalue weighted by molar-refractivity contribution is -0.134. The molecule has 4 aromatic rings. The largest absolute Gasteiger partial charge is 0.478 e. The van der Waals surface area contributed by atoms with Crippen LogP contribution in [0.1, 0.15) is 40.9 Å². The molecule has 4 N–H and O–H groups in total. The van der Waals surface area contributed by atoms with Gasteiger partial charge >= 0.3 is 23.9 Å². The van der Waals surface area contributed by atoms with Gasteiger partial charge in [-0.25, -0.2) is 28.0 Å². The van der Waals surface area contributed by atoms with Crippen LogP contribution in [-0.4, -0.2) is 107 Å². The lowest BCUT2D eigenvalue weighted by atomic mass is 10.0. The quantitative estimate of drug-likeness (QED) is 0.0695. The molecule has 57 heavy (non-hydrogen) atoms. The van der Waals surface area contributed by atoms with Crippen LogP contribution in [0, 0.1) is 11.6 Å². The average molecular weight is 789 g/mol. The minimum atomic E-state index is -1.26. The summed E-state index contributed by atoms with van der Waals surface area (Å²) >= 11 is 0. The highest BCUT2D eigenvalue weighted by Gasteiger charge is 2.20. The van der Waals surface area contributed by atoms with Gasteiger partial charge in [-0.3, -0.25) is 4.90 Å². The minimum Gasteiger partial charge on any atom is -0.478 e. The second-order valence-electron chi connectivity index (χ2n) is 12.5. The number of carboxylic acids is 4. The van der Waals surface area contributed by atoms with Gasteiger partial charge in [0.15, 0.2) is 0 Å². The van der Waals surface area contributed by atoms with Crippen molar-refractivity contribution in [1.29, 1.82) is 0 Å². The Morgan fingerprint density at radius 3 is 1.16 bits per heavy atom. The van der Waals surface area contributed by atoms with Crippen molar-refractivity contribution in [2.24, 2.45) is 0 Å².